The molecule has 130 valence electrons. The van der Waals surface area contributed by atoms with Crippen LogP contribution in [0, 0.1) is 18.3 Å². The SMILES string of the molecule is Cc1[nH]ncc1C(=O)N1C[C@@H]2CN(C3CCCC3)C[C@]2(C(=O)O)C1. The maximum atomic E-state index is 12.7. The molecule has 7 nitrogen and oxygen atoms in total. The van der Waals surface area contributed by atoms with Crippen LogP contribution in [0.25, 0.3) is 0 Å². The molecule has 3 heterocycles. The van der Waals surface area contributed by atoms with Crippen molar-refractivity contribution in [1.29, 1.82) is 0 Å². The van der Waals surface area contributed by atoms with Gasteiger partial charge in [-0.15, -0.1) is 0 Å². The van der Waals surface area contributed by atoms with Crippen molar-refractivity contribution in [2.45, 2.75) is 38.6 Å². The first-order valence-corrected chi connectivity index (χ1v) is 8.78. The molecule has 0 bridgehead atoms. The van der Waals surface area contributed by atoms with Gasteiger partial charge in [-0.3, -0.25) is 19.6 Å². The maximum absolute atomic E-state index is 12.7. The molecule has 24 heavy (non-hydrogen) atoms. The number of rotatable bonds is 3. The summed E-state index contributed by atoms with van der Waals surface area (Å²) in [6.07, 6.45) is 6.38. The minimum absolute atomic E-state index is 0.0201. The first-order chi connectivity index (χ1) is 11.5. The molecule has 1 aromatic rings. The summed E-state index contributed by atoms with van der Waals surface area (Å²) in [5.74, 6) is -0.845. The monoisotopic (exact) mass is 332 g/mol. The van der Waals surface area contributed by atoms with Crippen molar-refractivity contribution in [3.05, 3.63) is 17.5 Å². The third kappa shape index (κ3) is 2.25. The van der Waals surface area contributed by atoms with Crippen molar-refractivity contribution in [3.8, 4) is 0 Å². The predicted octanol–water partition coefficient (Wildman–Crippen LogP) is 1.12. The number of hydrogen-bond acceptors (Lipinski definition) is 4. The Morgan fingerprint density at radius 3 is 2.62 bits per heavy atom. The van der Waals surface area contributed by atoms with E-state index < -0.39 is 11.4 Å². The van der Waals surface area contributed by atoms with Crippen molar-refractivity contribution in [3.63, 3.8) is 0 Å². The molecule has 2 aliphatic heterocycles. The fourth-order valence-electron chi connectivity index (χ4n) is 4.85. The molecule has 3 fully saturated rings. The second-order valence-electron chi connectivity index (χ2n) is 7.62. The molecule has 0 unspecified atom stereocenters. The summed E-state index contributed by atoms with van der Waals surface area (Å²) >= 11 is 0. The quantitative estimate of drug-likeness (QED) is 0.866. The van der Waals surface area contributed by atoms with Gasteiger partial charge in [0.1, 0.15) is 5.41 Å². The number of carboxylic acid groups (broad SMARTS) is 1. The summed E-state index contributed by atoms with van der Waals surface area (Å²) < 4.78 is 0. The van der Waals surface area contributed by atoms with Crippen molar-refractivity contribution in [2.24, 2.45) is 11.3 Å². The normalized spacial score (nSPS) is 30.9. The highest BCUT2D eigenvalue weighted by Gasteiger charge is 2.59. The maximum Gasteiger partial charge on any atom is 0.313 e. The van der Waals surface area contributed by atoms with Gasteiger partial charge in [0.2, 0.25) is 0 Å². The van der Waals surface area contributed by atoms with E-state index in [0.29, 0.717) is 31.2 Å². The number of carbonyl (C=O) groups is 2. The fourth-order valence-corrected chi connectivity index (χ4v) is 4.85. The second-order valence-corrected chi connectivity index (χ2v) is 7.62. The van der Waals surface area contributed by atoms with Gasteiger partial charge in [-0.25, -0.2) is 0 Å². The summed E-state index contributed by atoms with van der Waals surface area (Å²) in [5.41, 5.74) is 0.466. The zero-order valence-corrected chi connectivity index (χ0v) is 14.0. The first-order valence-electron chi connectivity index (χ1n) is 8.78. The van der Waals surface area contributed by atoms with E-state index in [-0.39, 0.29) is 11.8 Å². The number of aromatic amines is 1. The lowest BCUT2D eigenvalue weighted by atomic mass is 9.81. The van der Waals surface area contributed by atoms with Crippen LogP contribution < -0.4 is 0 Å². The van der Waals surface area contributed by atoms with Crippen molar-refractivity contribution in [1.82, 2.24) is 20.0 Å². The number of nitrogens with one attached hydrogen (secondary N) is 1. The highest BCUT2D eigenvalue weighted by Crippen LogP contribution is 2.45. The average Bonchev–Trinajstić information content (AvgIpc) is 3.28. The standard InChI is InChI=1S/C17H24N4O3/c1-11-14(6-18-19-11)15(22)21-8-12-7-20(13-4-2-3-5-13)9-17(12,10-21)16(23)24/h6,12-13H,2-5,7-10H2,1H3,(H,18,19)(H,23,24)/t12-,17-/m0/s1. The van der Waals surface area contributed by atoms with E-state index in [1.165, 1.54) is 31.9 Å². The summed E-state index contributed by atoms with van der Waals surface area (Å²) in [6.45, 7) is 4.02. The van der Waals surface area contributed by atoms with E-state index in [9.17, 15) is 14.7 Å². The van der Waals surface area contributed by atoms with Crippen LogP contribution >= 0.6 is 0 Å². The third-order valence-electron chi connectivity index (χ3n) is 6.25. The highest BCUT2D eigenvalue weighted by atomic mass is 16.4. The van der Waals surface area contributed by atoms with Crippen LogP contribution in [-0.2, 0) is 4.79 Å². The molecule has 1 saturated carbocycles. The van der Waals surface area contributed by atoms with Crippen LogP contribution in [0.4, 0.5) is 0 Å². The number of amides is 1. The molecule has 0 aromatic carbocycles. The van der Waals surface area contributed by atoms with Crippen LogP contribution in [0.1, 0.15) is 41.7 Å². The highest BCUT2D eigenvalue weighted by molar-refractivity contribution is 5.96. The Bertz CT molecular complexity index is 667. The Labute approximate surface area is 141 Å². The predicted molar refractivity (Wildman–Crippen MR) is 86.6 cm³/mol. The van der Waals surface area contributed by atoms with Gasteiger partial charge in [-0.1, -0.05) is 12.8 Å². The number of fused-ring (bicyclic) bond motifs is 1. The summed E-state index contributed by atoms with van der Waals surface area (Å²) in [5, 5.41) is 16.6. The van der Waals surface area contributed by atoms with Crippen LogP contribution in [0.15, 0.2) is 6.20 Å². The molecular weight excluding hydrogens is 308 g/mol. The molecule has 2 atom stereocenters. The molecule has 1 amide bonds. The number of hydrogen-bond donors (Lipinski definition) is 2. The zero-order valence-electron chi connectivity index (χ0n) is 14.0. The lowest BCUT2D eigenvalue weighted by Crippen LogP contribution is -2.43. The molecule has 2 saturated heterocycles. The number of carboxylic acids is 1. The average molecular weight is 332 g/mol. The Hall–Kier alpha value is -1.89. The van der Waals surface area contributed by atoms with Crippen molar-refractivity contribution >= 4 is 11.9 Å². The Morgan fingerprint density at radius 1 is 1.29 bits per heavy atom. The van der Waals surface area contributed by atoms with E-state index >= 15 is 0 Å². The molecular formula is C17H24N4O3. The smallest absolute Gasteiger partial charge is 0.313 e. The van der Waals surface area contributed by atoms with Crippen molar-refractivity contribution < 1.29 is 14.7 Å². The number of aromatic nitrogens is 2. The van der Waals surface area contributed by atoms with Gasteiger partial charge in [0.15, 0.2) is 0 Å². The fraction of sp³-hybridized carbons (Fsp3) is 0.706. The van der Waals surface area contributed by atoms with Gasteiger partial charge < -0.3 is 10.0 Å². The Balaban J connectivity index is 1.54. The summed E-state index contributed by atoms with van der Waals surface area (Å²) in [6, 6.07) is 0.534. The number of aryl methyl sites for hydroxylation is 1. The van der Waals surface area contributed by atoms with Gasteiger partial charge >= 0.3 is 5.97 Å². The number of carbonyl (C=O) groups excluding carboxylic acids is 1. The molecule has 2 N–H and O–H groups in total. The lowest BCUT2D eigenvalue weighted by molar-refractivity contribution is -0.148. The number of nitrogens with zero attached hydrogens (tertiary/aromatic N) is 3. The Morgan fingerprint density at radius 2 is 2.04 bits per heavy atom. The van der Waals surface area contributed by atoms with Crippen LogP contribution in [0.3, 0.4) is 0 Å². The lowest BCUT2D eigenvalue weighted by Gasteiger charge is -2.28. The number of likely N-dealkylation sites (tertiary alicyclic amines) is 2. The minimum atomic E-state index is -0.810. The molecule has 1 aromatic heterocycles. The van der Waals surface area contributed by atoms with Gasteiger partial charge in [0.25, 0.3) is 5.91 Å². The van der Waals surface area contributed by atoms with E-state index in [2.05, 4.69) is 15.1 Å². The molecule has 1 aliphatic carbocycles. The molecule has 4 rings (SSSR count). The minimum Gasteiger partial charge on any atom is -0.481 e. The Kier molecular flexibility index (Phi) is 3.63. The van der Waals surface area contributed by atoms with E-state index in [0.717, 1.165) is 12.2 Å². The third-order valence-corrected chi connectivity index (χ3v) is 6.25. The van der Waals surface area contributed by atoms with Gasteiger partial charge in [-0.2, -0.15) is 5.10 Å². The zero-order chi connectivity index (χ0) is 16.9. The molecule has 3 aliphatic rings. The second kappa shape index (κ2) is 5.58. The van der Waals surface area contributed by atoms with Gasteiger partial charge in [-0.05, 0) is 19.8 Å². The van der Waals surface area contributed by atoms with Crippen molar-refractivity contribution in [2.75, 3.05) is 26.2 Å². The largest absolute Gasteiger partial charge is 0.481 e. The summed E-state index contributed by atoms with van der Waals surface area (Å²) in [7, 11) is 0. The van der Waals surface area contributed by atoms with E-state index in [1.54, 1.807) is 4.90 Å². The molecule has 7 heteroatoms. The summed E-state index contributed by atoms with van der Waals surface area (Å²) in [4.78, 5) is 28.9. The van der Waals surface area contributed by atoms with E-state index in [4.69, 9.17) is 0 Å². The first kappa shape index (κ1) is 15.6. The van der Waals surface area contributed by atoms with E-state index in [1.807, 2.05) is 6.92 Å². The number of aliphatic carboxylic acids is 1. The van der Waals surface area contributed by atoms with Gasteiger partial charge in [0.05, 0.1) is 11.8 Å². The van der Waals surface area contributed by atoms with Crippen LogP contribution in [-0.4, -0.2) is 69.2 Å². The molecule has 0 radical (unpaired) electrons. The number of H-pyrrole nitrogens is 1. The van der Waals surface area contributed by atoms with Crippen LogP contribution in [0.2, 0.25) is 0 Å². The topological polar surface area (TPSA) is 89.5 Å². The van der Waals surface area contributed by atoms with Crippen LogP contribution in [0.5, 0.6) is 0 Å². The molecule has 0 spiro atoms. The van der Waals surface area contributed by atoms with Gasteiger partial charge in [0, 0.05) is 43.8 Å².